The third-order valence-electron chi connectivity index (χ3n) is 7.14. The number of ketones is 1. The molecule has 0 saturated carbocycles. The maximum Gasteiger partial charge on any atom is 0.308 e. The van der Waals surface area contributed by atoms with Crippen molar-refractivity contribution in [2.45, 2.75) is 112 Å². The Bertz CT molecular complexity index is 813. The Hall–Kier alpha value is -1.54. The van der Waals surface area contributed by atoms with Crippen LogP contribution in [0.4, 0.5) is 0 Å². The molecule has 0 aliphatic carbocycles. The third kappa shape index (κ3) is 10.1. The van der Waals surface area contributed by atoms with Crippen LogP contribution in [0.3, 0.4) is 0 Å². The lowest BCUT2D eigenvalue weighted by atomic mass is 9.73. The summed E-state index contributed by atoms with van der Waals surface area (Å²) in [6.07, 6.45) is -1.51. The quantitative estimate of drug-likeness (QED) is 0.219. The molecule has 0 aliphatic heterocycles. The van der Waals surface area contributed by atoms with E-state index in [1.54, 1.807) is 6.92 Å². The molecule has 36 heavy (non-hydrogen) atoms. The van der Waals surface area contributed by atoms with Crippen LogP contribution in [-0.2, 0) is 30.1 Å². The van der Waals surface area contributed by atoms with Gasteiger partial charge in [-0.2, -0.15) is 0 Å². The van der Waals surface area contributed by atoms with Gasteiger partial charge in [-0.25, -0.2) is 0 Å². The minimum Gasteiger partial charge on any atom is -0.460 e. The van der Waals surface area contributed by atoms with Crippen molar-refractivity contribution in [2.24, 2.45) is 17.3 Å². The first-order chi connectivity index (χ1) is 16.6. The fourth-order valence-electron chi connectivity index (χ4n) is 4.17. The Kier molecular flexibility index (Phi) is 12.5. The van der Waals surface area contributed by atoms with Crippen LogP contribution in [0.15, 0.2) is 30.3 Å². The molecule has 6 nitrogen and oxygen atoms in total. The van der Waals surface area contributed by atoms with E-state index in [2.05, 4.69) is 20.4 Å². The van der Waals surface area contributed by atoms with Crippen molar-refractivity contribution >= 4 is 20.1 Å². The Morgan fingerprint density at radius 3 is 2.06 bits per heavy atom. The number of carbonyl (C=O) groups is 2. The topological polar surface area (TPSA) is 82.1 Å². The summed E-state index contributed by atoms with van der Waals surface area (Å²) in [5, 5.41) is 11.0. The standard InChI is InChI=1S/C29H50O6Si/c1-11-36(10,12-2)35-24(18-25(30)34-28(5,6)7)29(8,9)27(32)22(4)26(31)21(3)19-33-20-23-16-14-13-15-17-23/h13-17,21-22,24,26,31H,11-12,18-20H2,1-10H3. The molecule has 0 fully saturated rings. The lowest BCUT2D eigenvalue weighted by Crippen LogP contribution is -2.51. The molecule has 0 bridgehead atoms. The van der Waals surface area contributed by atoms with Gasteiger partial charge in [0.1, 0.15) is 11.4 Å². The van der Waals surface area contributed by atoms with E-state index in [1.807, 2.05) is 71.9 Å². The molecule has 0 amide bonds. The molecule has 206 valence electrons. The molecule has 1 aromatic carbocycles. The van der Waals surface area contributed by atoms with E-state index in [0.717, 1.165) is 17.7 Å². The van der Waals surface area contributed by atoms with Crippen molar-refractivity contribution in [1.29, 1.82) is 0 Å². The zero-order valence-corrected chi connectivity index (χ0v) is 25.2. The summed E-state index contributed by atoms with van der Waals surface area (Å²) >= 11 is 0. The van der Waals surface area contributed by atoms with Crippen LogP contribution in [0, 0.1) is 17.3 Å². The van der Waals surface area contributed by atoms with Gasteiger partial charge in [0.2, 0.25) is 0 Å². The second kappa shape index (κ2) is 13.8. The first kappa shape index (κ1) is 32.5. The number of hydrogen-bond acceptors (Lipinski definition) is 6. The summed E-state index contributed by atoms with van der Waals surface area (Å²) < 4.78 is 18.0. The van der Waals surface area contributed by atoms with Gasteiger partial charge in [-0.1, -0.05) is 71.9 Å². The number of Topliss-reactive ketones (excluding diaryl/α,β-unsaturated/α-hetero) is 1. The van der Waals surface area contributed by atoms with Crippen LogP contribution in [-0.4, -0.2) is 49.6 Å². The van der Waals surface area contributed by atoms with Crippen molar-refractivity contribution < 1.29 is 28.6 Å². The summed E-state index contributed by atoms with van der Waals surface area (Å²) in [6.45, 7) is 19.9. The number of aliphatic hydroxyl groups excluding tert-OH is 1. The number of ether oxygens (including phenoxy) is 2. The molecular weight excluding hydrogens is 472 g/mol. The summed E-state index contributed by atoms with van der Waals surface area (Å²) in [7, 11) is -2.12. The number of benzene rings is 1. The molecule has 0 saturated heterocycles. The van der Waals surface area contributed by atoms with Crippen molar-refractivity contribution in [2.75, 3.05) is 6.61 Å². The van der Waals surface area contributed by atoms with Gasteiger partial charge in [-0.3, -0.25) is 9.59 Å². The largest absolute Gasteiger partial charge is 0.460 e. The van der Waals surface area contributed by atoms with Crippen LogP contribution in [0.2, 0.25) is 18.6 Å². The first-order valence-corrected chi connectivity index (χ1v) is 16.1. The Morgan fingerprint density at radius 2 is 1.56 bits per heavy atom. The number of aliphatic hydroxyl groups is 1. The van der Waals surface area contributed by atoms with E-state index in [1.165, 1.54) is 0 Å². The van der Waals surface area contributed by atoms with E-state index in [0.29, 0.717) is 13.2 Å². The van der Waals surface area contributed by atoms with E-state index in [9.17, 15) is 14.7 Å². The molecule has 0 aliphatic rings. The molecule has 1 rings (SSSR count). The summed E-state index contributed by atoms with van der Waals surface area (Å²) in [5.41, 5.74) is -0.545. The Balaban J connectivity index is 2.98. The predicted octanol–water partition coefficient (Wildman–Crippen LogP) is 6.16. The van der Waals surface area contributed by atoms with E-state index < -0.39 is 37.5 Å². The second-order valence-electron chi connectivity index (χ2n) is 11.9. The fraction of sp³-hybridized carbons (Fsp3) is 0.724. The molecule has 0 aromatic heterocycles. The van der Waals surface area contributed by atoms with E-state index in [-0.39, 0.29) is 24.1 Å². The monoisotopic (exact) mass is 522 g/mol. The Morgan fingerprint density at radius 1 is 1.00 bits per heavy atom. The minimum atomic E-state index is -2.12. The molecule has 1 aromatic rings. The average Bonchev–Trinajstić information content (AvgIpc) is 2.81. The number of rotatable bonds is 15. The zero-order valence-electron chi connectivity index (χ0n) is 24.2. The molecule has 0 heterocycles. The van der Waals surface area contributed by atoms with Gasteiger partial charge in [0.05, 0.1) is 31.8 Å². The molecule has 0 radical (unpaired) electrons. The minimum absolute atomic E-state index is 0.00282. The van der Waals surface area contributed by atoms with E-state index >= 15 is 0 Å². The van der Waals surface area contributed by atoms with Crippen molar-refractivity contribution in [1.82, 2.24) is 0 Å². The van der Waals surface area contributed by atoms with Crippen LogP contribution in [0.1, 0.15) is 74.3 Å². The third-order valence-corrected chi connectivity index (χ3v) is 11.0. The normalized spacial score (nSPS) is 16.2. The lowest BCUT2D eigenvalue weighted by molar-refractivity contribution is -0.159. The summed E-state index contributed by atoms with van der Waals surface area (Å²) in [6, 6.07) is 11.6. The van der Waals surface area contributed by atoms with Crippen LogP contribution in [0.25, 0.3) is 0 Å². The highest BCUT2D eigenvalue weighted by Gasteiger charge is 2.46. The predicted molar refractivity (Wildman–Crippen MR) is 147 cm³/mol. The van der Waals surface area contributed by atoms with E-state index in [4.69, 9.17) is 13.9 Å². The smallest absolute Gasteiger partial charge is 0.308 e. The average molecular weight is 523 g/mol. The molecule has 1 N–H and O–H groups in total. The zero-order chi connectivity index (χ0) is 27.7. The Labute approximate surface area is 220 Å². The maximum atomic E-state index is 13.8. The fourth-order valence-corrected chi connectivity index (χ4v) is 6.07. The molecule has 0 spiro atoms. The highest BCUT2D eigenvalue weighted by atomic mass is 28.4. The van der Waals surface area contributed by atoms with Gasteiger partial charge in [-0.05, 0) is 45.0 Å². The highest BCUT2D eigenvalue weighted by molar-refractivity contribution is 6.72. The van der Waals surface area contributed by atoms with Crippen molar-refractivity contribution in [3.05, 3.63) is 35.9 Å². The van der Waals surface area contributed by atoms with Gasteiger partial charge in [0.15, 0.2) is 8.32 Å². The SMILES string of the molecule is CC[Si](C)(CC)OC(CC(=O)OC(C)(C)C)C(C)(C)C(=O)C(C)C(O)C(C)COCc1ccccc1. The van der Waals surface area contributed by atoms with Crippen LogP contribution in [0.5, 0.6) is 0 Å². The van der Waals surface area contributed by atoms with Gasteiger partial charge in [0.25, 0.3) is 0 Å². The molecule has 7 heteroatoms. The lowest BCUT2D eigenvalue weighted by Gasteiger charge is -2.41. The summed E-state index contributed by atoms with van der Waals surface area (Å²) in [5.74, 6) is -1.38. The highest BCUT2D eigenvalue weighted by Crippen LogP contribution is 2.36. The van der Waals surface area contributed by atoms with Crippen LogP contribution >= 0.6 is 0 Å². The summed E-state index contributed by atoms with van der Waals surface area (Å²) in [4.78, 5) is 26.5. The van der Waals surface area contributed by atoms with Crippen LogP contribution < -0.4 is 0 Å². The molecule has 4 atom stereocenters. The first-order valence-electron chi connectivity index (χ1n) is 13.3. The van der Waals surface area contributed by atoms with Crippen molar-refractivity contribution in [3.8, 4) is 0 Å². The van der Waals surface area contributed by atoms with Gasteiger partial charge < -0.3 is 19.0 Å². The number of esters is 1. The van der Waals surface area contributed by atoms with Crippen molar-refractivity contribution in [3.63, 3.8) is 0 Å². The second-order valence-corrected chi connectivity index (χ2v) is 16.4. The molecule has 4 unspecified atom stereocenters. The van der Waals surface area contributed by atoms with Gasteiger partial charge >= 0.3 is 5.97 Å². The maximum absolute atomic E-state index is 13.8. The molecular formula is C29H50O6Si. The number of carbonyl (C=O) groups excluding carboxylic acids is 2. The number of hydrogen-bond donors (Lipinski definition) is 1. The van der Waals surface area contributed by atoms with Gasteiger partial charge in [-0.15, -0.1) is 0 Å². The van der Waals surface area contributed by atoms with Gasteiger partial charge in [0, 0.05) is 17.3 Å².